The number of hydrogen-bond donors (Lipinski definition) is 0. The molecule has 0 amide bonds. The minimum atomic E-state index is 0.887. The fraction of sp³-hybridized carbons (Fsp3) is 0.778. The molecular formula is C9H19Cl. The average Bonchev–Trinajstić information content (AvgIpc) is 1.89. The minimum Gasteiger partial charge on any atom is -0.0898 e. The van der Waals surface area contributed by atoms with Crippen molar-refractivity contribution in [2.45, 2.75) is 47.0 Å². The highest BCUT2D eigenvalue weighted by atomic mass is 35.5. The van der Waals surface area contributed by atoms with Gasteiger partial charge in [0.15, 0.2) is 0 Å². The maximum absolute atomic E-state index is 5.44. The Bertz CT molecular complexity index is 68.8. The van der Waals surface area contributed by atoms with Crippen molar-refractivity contribution in [1.82, 2.24) is 0 Å². The fourth-order valence-corrected chi connectivity index (χ4v) is 0.436. The predicted molar refractivity (Wildman–Crippen MR) is 50.5 cm³/mol. The smallest absolute Gasteiger partial charge is 0.0110 e. The summed E-state index contributed by atoms with van der Waals surface area (Å²) in [5.74, 6) is 0. The van der Waals surface area contributed by atoms with Crippen molar-refractivity contribution in [3.8, 4) is 0 Å². The number of rotatable bonds is 2. The zero-order valence-corrected chi connectivity index (χ0v) is 8.33. The third-order valence-electron chi connectivity index (χ3n) is 0.985. The normalized spacial score (nSPS) is 10.3. The van der Waals surface area contributed by atoms with Gasteiger partial charge >= 0.3 is 0 Å². The van der Waals surface area contributed by atoms with Crippen LogP contribution in [0.5, 0.6) is 0 Å². The van der Waals surface area contributed by atoms with E-state index < -0.39 is 0 Å². The van der Waals surface area contributed by atoms with E-state index in [2.05, 4.69) is 20.8 Å². The van der Waals surface area contributed by atoms with E-state index in [-0.39, 0.29) is 0 Å². The van der Waals surface area contributed by atoms with Gasteiger partial charge < -0.3 is 0 Å². The molecule has 0 radical (unpaired) electrons. The third kappa shape index (κ3) is 24.4. The topological polar surface area (TPSA) is 0 Å². The average molecular weight is 163 g/mol. The second-order valence-electron chi connectivity index (χ2n) is 2.20. The minimum absolute atomic E-state index is 0.887. The maximum atomic E-state index is 5.44. The molecule has 1 heteroatoms. The zero-order valence-electron chi connectivity index (χ0n) is 7.58. The van der Waals surface area contributed by atoms with Crippen molar-refractivity contribution in [3.63, 3.8) is 0 Å². The van der Waals surface area contributed by atoms with E-state index in [1.54, 1.807) is 0 Å². The molecule has 0 unspecified atom stereocenters. The van der Waals surface area contributed by atoms with Crippen LogP contribution in [-0.4, -0.2) is 0 Å². The molecule has 0 heterocycles. The molecule has 0 nitrogen and oxygen atoms in total. The van der Waals surface area contributed by atoms with Gasteiger partial charge in [0.05, 0.1) is 0 Å². The van der Waals surface area contributed by atoms with Gasteiger partial charge in [-0.15, -0.1) is 0 Å². The van der Waals surface area contributed by atoms with Crippen molar-refractivity contribution in [2.75, 3.05) is 0 Å². The molecule has 62 valence electrons. The van der Waals surface area contributed by atoms with Gasteiger partial charge in [0, 0.05) is 5.03 Å². The Morgan fingerprint density at radius 1 is 1.20 bits per heavy atom. The molecular weight excluding hydrogens is 144 g/mol. The summed E-state index contributed by atoms with van der Waals surface area (Å²) in [4.78, 5) is 0. The quantitative estimate of drug-likeness (QED) is 0.567. The number of hydrogen-bond acceptors (Lipinski definition) is 0. The van der Waals surface area contributed by atoms with Crippen LogP contribution in [-0.2, 0) is 0 Å². The van der Waals surface area contributed by atoms with Crippen molar-refractivity contribution in [2.24, 2.45) is 0 Å². The molecule has 0 aromatic rings. The van der Waals surface area contributed by atoms with Gasteiger partial charge in [-0.2, -0.15) is 0 Å². The lowest BCUT2D eigenvalue weighted by atomic mass is 10.4. The Kier molecular flexibility index (Phi) is 14.9. The van der Waals surface area contributed by atoms with Crippen LogP contribution in [0.15, 0.2) is 11.1 Å². The van der Waals surface area contributed by atoms with Gasteiger partial charge in [-0.1, -0.05) is 51.3 Å². The highest BCUT2D eigenvalue weighted by Crippen LogP contribution is 1.97. The van der Waals surface area contributed by atoms with E-state index in [0.29, 0.717) is 0 Å². The Morgan fingerprint density at radius 3 is 1.60 bits per heavy atom. The van der Waals surface area contributed by atoms with Crippen LogP contribution in [0.1, 0.15) is 47.0 Å². The van der Waals surface area contributed by atoms with Crippen LogP contribution in [0, 0.1) is 0 Å². The SMILES string of the molecule is CC/C=C(\C)Cl.CCCC. The molecule has 0 bridgehead atoms. The first-order valence-electron chi connectivity index (χ1n) is 4.01. The van der Waals surface area contributed by atoms with Crippen molar-refractivity contribution >= 4 is 11.6 Å². The molecule has 0 aromatic carbocycles. The summed E-state index contributed by atoms with van der Waals surface area (Å²) in [6.45, 7) is 8.30. The van der Waals surface area contributed by atoms with E-state index in [1.165, 1.54) is 12.8 Å². The fourth-order valence-electron chi connectivity index (χ4n) is 0.281. The van der Waals surface area contributed by atoms with E-state index >= 15 is 0 Å². The number of unbranched alkanes of at least 4 members (excludes halogenated alkanes) is 1. The first kappa shape index (κ1) is 12.7. The summed E-state index contributed by atoms with van der Waals surface area (Å²) >= 11 is 5.44. The third-order valence-corrected chi connectivity index (χ3v) is 1.14. The molecule has 0 rings (SSSR count). The van der Waals surface area contributed by atoms with E-state index in [0.717, 1.165) is 11.5 Å². The lowest BCUT2D eigenvalue weighted by Crippen LogP contribution is -1.54. The van der Waals surface area contributed by atoms with Gasteiger partial charge in [-0.25, -0.2) is 0 Å². The summed E-state index contributed by atoms with van der Waals surface area (Å²) < 4.78 is 0. The Morgan fingerprint density at radius 2 is 1.60 bits per heavy atom. The van der Waals surface area contributed by atoms with E-state index in [1.807, 2.05) is 13.0 Å². The molecule has 0 fully saturated rings. The molecule has 0 N–H and O–H groups in total. The van der Waals surface area contributed by atoms with Crippen LogP contribution in [0.2, 0.25) is 0 Å². The first-order valence-corrected chi connectivity index (χ1v) is 4.39. The standard InChI is InChI=1S/C5H9Cl.C4H10/c1-3-4-5(2)6;1-3-4-2/h4H,3H2,1-2H3;3-4H2,1-2H3/b5-4+;. The lowest BCUT2D eigenvalue weighted by molar-refractivity contribution is 0.886. The van der Waals surface area contributed by atoms with Gasteiger partial charge in [-0.05, 0) is 13.3 Å². The molecule has 0 spiro atoms. The number of halogens is 1. The zero-order chi connectivity index (χ0) is 8.41. The highest BCUT2D eigenvalue weighted by Gasteiger charge is 1.70. The van der Waals surface area contributed by atoms with Crippen LogP contribution in [0.3, 0.4) is 0 Å². The molecule has 0 aliphatic rings. The van der Waals surface area contributed by atoms with E-state index in [4.69, 9.17) is 11.6 Å². The second kappa shape index (κ2) is 11.8. The Labute approximate surface area is 70.3 Å². The molecule has 10 heavy (non-hydrogen) atoms. The van der Waals surface area contributed by atoms with Crippen molar-refractivity contribution in [3.05, 3.63) is 11.1 Å². The van der Waals surface area contributed by atoms with Gasteiger partial charge in [0.1, 0.15) is 0 Å². The Hall–Kier alpha value is 0.0300. The largest absolute Gasteiger partial charge is 0.0898 e. The van der Waals surface area contributed by atoms with Crippen LogP contribution in [0.4, 0.5) is 0 Å². The predicted octanol–water partition coefficient (Wildman–Crippen LogP) is 4.35. The maximum Gasteiger partial charge on any atom is 0.0110 e. The van der Waals surface area contributed by atoms with Crippen LogP contribution in [0.25, 0.3) is 0 Å². The molecule has 0 aliphatic heterocycles. The Balaban J connectivity index is 0. The summed E-state index contributed by atoms with van der Waals surface area (Å²) in [5, 5.41) is 0.887. The number of allylic oxidation sites excluding steroid dienone is 2. The molecule has 0 atom stereocenters. The summed E-state index contributed by atoms with van der Waals surface area (Å²) in [7, 11) is 0. The van der Waals surface area contributed by atoms with Crippen molar-refractivity contribution < 1.29 is 0 Å². The first-order chi connectivity index (χ1) is 4.68. The lowest BCUT2D eigenvalue weighted by Gasteiger charge is -1.77. The molecule has 0 saturated carbocycles. The van der Waals surface area contributed by atoms with E-state index in [9.17, 15) is 0 Å². The van der Waals surface area contributed by atoms with Crippen LogP contribution >= 0.6 is 11.6 Å². The highest BCUT2D eigenvalue weighted by molar-refractivity contribution is 6.29. The second-order valence-corrected chi connectivity index (χ2v) is 2.80. The van der Waals surface area contributed by atoms with Gasteiger partial charge in [-0.3, -0.25) is 0 Å². The van der Waals surface area contributed by atoms with Crippen molar-refractivity contribution in [1.29, 1.82) is 0 Å². The summed E-state index contributed by atoms with van der Waals surface area (Å²) in [5.41, 5.74) is 0. The molecule has 0 aromatic heterocycles. The monoisotopic (exact) mass is 162 g/mol. The summed E-state index contributed by atoms with van der Waals surface area (Å²) in [6, 6.07) is 0. The summed E-state index contributed by atoms with van der Waals surface area (Å²) in [6.07, 6.45) is 5.65. The van der Waals surface area contributed by atoms with Gasteiger partial charge in [0.25, 0.3) is 0 Å². The molecule has 0 saturated heterocycles. The van der Waals surface area contributed by atoms with Gasteiger partial charge in [0.2, 0.25) is 0 Å². The van der Waals surface area contributed by atoms with Crippen LogP contribution < -0.4 is 0 Å². The molecule has 0 aliphatic carbocycles.